The Morgan fingerprint density at radius 1 is 1.54 bits per heavy atom. The minimum absolute atomic E-state index is 0.0888. The fourth-order valence-corrected chi connectivity index (χ4v) is 1.62. The Hall–Kier alpha value is -1.31. The van der Waals surface area contributed by atoms with E-state index in [-0.39, 0.29) is 11.9 Å². The van der Waals surface area contributed by atoms with Crippen LogP contribution in [-0.4, -0.2) is 11.9 Å². The van der Waals surface area contributed by atoms with Gasteiger partial charge in [-0.05, 0) is 25.5 Å². The molecule has 1 aromatic carbocycles. The quantitative estimate of drug-likeness (QED) is 0.613. The highest BCUT2D eigenvalue weighted by atomic mass is 16.5. The van der Waals surface area contributed by atoms with Crippen molar-refractivity contribution in [2.45, 2.75) is 26.4 Å². The second kappa shape index (κ2) is 2.87. The Labute approximate surface area is 77.5 Å². The zero-order chi connectivity index (χ0) is 9.42. The fourth-order valence-electron chi connectivity index (χ4n) is 1.62. The monoisotopic (exact) mass is 176 g/mol. The number of ketones is 1. The Morgan fingerprint density at radius 2 is 2.31 bits per heavy atom. The molecule has 0 bridgehead atoms. The van der Waals surface area contributed by atoms with Crippen LogP contribution in [0.5, 0.6) is 5.75 Å². The van der Waals surface area contributed by atoms with Gasteiger partial charge in [0.1, 0.15) is 11.9 Å². The van der Waals surface area contributed by atoms with Crippen LogP contribution in [0.4, 0.5) is 0 Å². The largest absolute Gasteiger partial charge is 0.490 e. The van der Waals surface area contributed by atoms with Crippen molar-refractivity contribution in [1.82, 2.24) is 0 Å². The van der Waals surface area contributed by atoms with Crippen LogP contribution < -0.4 is 4.74 Å². The summed E-state index contributed by atoms with van der Waals surface area (Å²) in [4.78, 5) is 11.1. The fraction of sp³-hybridized carbons (Fsp3) is 0.364. The van der Waals surface area contributed by atoms with E-state index in [4.69, 9.17) is 4.74 Å². The minimum atomic E-state index is 0.0888. The SMILES string of the molecule is CC(=O)c1ccc2c(c1)OC(C)C2. The van der Waals surface area contributed by atoms with Gasteiger partial charge in [-0.25, -0.2) is 0 Å². The van der Waals surface area contributed by atoms with Crippen molar-refractivity contribution in [2.75, 3.05) is 0 Å². The first-order valence-electron chi connectivity index (χ1n) is 4.47. The van der Waals surface area contributed by atoms with Crippen molar-refractivity contribution in [3.8, 4) is 5.75 Å². The van der Waals surface area contributed by atoms with E-state index in [0.717, 1.165) is 17.7 Å². The van der Waals surface area contributed by atoms with Crippen molar-refractivity contribution >= 4 is 5.78 Å². The molecule has 0 saturated heterocycles. The number of Topliss-reactive ketones (excluding diaryl/α,β-unsaturated/α-hetero) is 1. The van der Waals surface area contributed by atoms with Crippen LogP contribution in [0.2, 0.25) is 0 Å². The van der Waals surface area contributed by atoms with Gasteiger partial charge in [0.05, 0.1) is 0 Å². The Bertz CT molecular complexity index is 355. The average molecular weight is 176 g/mol. The second-order valence-electron chi connectivity index (χ2n) is 3.51. The Morgan fingerprint density at radius 3 is 3.00 bits per heavy atom. The lowest BCUT2D eigenvalue weighted by Gasteiger charge is -2.02. The van der Waals surface area contributed by atoms with E-state index in [1.54, 1.807) is 6.92 Å². The molecule has 1 unspecified atom stereocenters. The summed E-state index contributed by atoms with van der Waals surface area (Å²) in [5.41, 5.74) is 1.94. The van der Waals surface area contributed by atoms with Crippen LogP contribution in [-0.2, 0) is 6.42 Å². The van der Waals surface area contributed by atoms with Gasteiger partial charge >= 0.3 is 0 Å². The second-order valence-corrected chi connectivity index (χ2v) is 3.51. The molecule has 0 N–H and O–H groups in total. The predicted octanol–water partition coefficient (Wildman–Crippen LogP) is 2.21. The molecular weight excluding hydrogens is 164 g/mol. The van der Waals surface area contributed by atoms with Gasteiger partial charge in [-0.3, -0.25) is 4.79 Å². The van der Waals surface area contributed by atoms with Gasteiger partial charge in [0.25, 0.3) is 0 Å². The molecule has 1 aliphatic heterocycles. The highest BCUT2D eigenvalue weighted by Crippen LogP contribution is 2.29. The normalized spacial score (nSPS) is 19.4. The molecule has 13 heavy (non-hydrogen) atoms. The Balaban J connectivity index is 2.40. The van der Waals surface area contributed by atoms with E-state index in [0.29, 0.717) is 0 Å². The van der Waals surface area contributed by atoms with Crippen molar-refractivity contribution in [1.29, 1.82) is 0 Å². The first-order valence-corrected chi connectivity index (χ1v) is 4.47. The summed E-state index contributed by atoms with van der Waals surface area (Å²) >= 11 is 0. The number of ether oxygens (including phenoxy) is 1. The van der Waals surface area contributed by atoms with Gasteiger partial charge in [-0.15, -0.1) is 0 Å². The van der Waals surface area contributed by atoms with Gasteiger partial charge in [0.15, 0.2) is 5.78 Å². The molecule has 0 fully saturated rings. The smallest absolute Gasteiger partial charge is 0.159 e. The molecule has 0 amide bonds. The van der Waals surface area contributed by atoms with Gasteiger partial charge < -0.3 is 4.74 Å². The van der Waals surface area contributed by atoms with E-state index in [2.05, 4.69) is 0 Å². The first kappa shape index (κ1) is 8.30. The number of fused-ring (bicyclic) bond motifs is 1. The van der Waals surface area contributed by atoms with E-state index in [1.165, 1.54) is 5.56 Å². The summed E-state index contributed by atoms with van der Waals surface area (Å²) in [5, 5.41) is 0. The van der Waals surface area contributed by atoms with Crippen molar-refractivity contribution in [3.05, 3.63) is 29.3 Å². The minimum Gasteiger partial charge on any atom is -0.490 e. The number of hydrogen-bond acceptors (Lipinski definition) is 2. The maximum absolute atomic E-state index is 11.1. The number of benzene rings is 1. The first-order chi connectivity index (χ1) is 6.16. The van der Waals surface area contributed by atoms with E-state index in [1.807, 2.05) is 25.1 Å². The van der Waals surface area contributed by atoms with Gasteiger partial charge in [-0.2, -0.15) is 0 Å². The highest BCUT2D eigenvalue weighted by Gasteiger charge is 2.19. The third-order valence-electron chi connectivity index (χ3n) is 2.31. The zero-order valence-electron chi connectivity index (χ0n) is 7.83. The maximum Gasteiger partial charge on any atom is 0.159 e. The summed E-state index contributed by atoms with van der Waals surface area (Å²) in [6.45, 7) is 3.60. The predicted molar refractivity (Wildman–Crippen MR) is 50.2 cm³/mol. The van der Waals surface area contributed by atoms with E-state index in [9.17, 15) is 4.79 Å². The molecule has 0 aliphatic carbocycles. The lowest BCUT2D eigenvalue weighted by atomic mass is 10.1. The number of carbonyl (C=O) groups is 1. The topological polar surface area (TPSA) is 26.3 Å². The molecule has 1 aliphatic rings. The zero-order valence-corrected chi connectivity index (χ0v) is 7.83. The lowest BCUT2D eigenvalue weighted by Crippen LogP contribution is -2.05. The molecule has 0 radical (unpaired) electrons. The van der Waals surface area contributed by atoms with Crippen LogP contribution in [0.3, 0.4) is 0 Å². The van der Waals surface area contributed by atoms with Crippen LogP contribution in [0.1, 0.15) is 29.8 Å². The van der Waals surface area contributed by atoms with E-state index < -0.39 is 0 Å². The molecule has 1 aromatic rings. The number of hydrogen-bond donors (Lipinski definition) is 0. The van der Waals surface area contributed by atoms with Crippen molar-refractivity contribution in [2.24, 2.45) is 0 Å². The standard InChI is InChI=1S/C11H12O2/c1-7-5-10-4-3-9(8(2)12)6-11(10)13-7/h3-4,6-7H,5H2,1-2H3. The molecule has 0 spiro atoms. The summed E-state index contributed by atoms with van der Waals surface area (Å²) in [5.74, 6) is 0.964. The summed E-state index contributed by atoms with van der Waals surface area (Å²) in [6.07, 6.45) is 1.20. The average Bonchev–Trinajstić information content (AvgIpc) is 2.42. The molecule has 2 heteroatoms. The molecule has 2 rings (SSSR count). The van der Waals surface area contributed by atoms with Crippen molar-refractivity contribution < 1.29 is 9.53 Å². The Kier molecular flexibility index (Phi) is 1.83. The third-order valence-corrected chi connectivity index (χ3v) is 2.31. The molecule has 2 nitrogen and oxygen atoms in total. The summed E-state index contributed by atoms with van der Waals surface area (Å²) in [6, 6.07) is 5.68. The highest BCUT2D eigenvalue weighted by molar-refractivity contribution is 5.94. The molecule has 68 valence electrons. The van der Waals surface area contributed by atoms with Gasteiger partial charge in [0, 0.05) is 12.0 Å². The molecule has 0 aromatic heterocycles. The van der Waals surface area contributed by atoms with Crippen molar-refractivity contribution in [3.63, 3.8) is 0 Å². The van der Waals surface area contributed by atoms with Gasteiger partial charge in [0.2, 0.25) is 0 Å². The maximum atomic E-state index is 11.1. The summed E-state index contributed by atoms with van der Waals surface area (Å²) < 4.78 is 5.55. The van der Waals surface area contributed by atoms with Crippen LogP contribution in [0.15, 0.2) is 18.2 Å². The molecule has 0 saturated carbocycles. The molecular formula is C11H12O2. The van der Waals surface area contributed by atoms with Crippen LogP contribution >= 0.6 is 0 Å². The third kappa shape index (κ3) is 1.44. The molecule has 1 heterocycles. The summed E-state index contributed by atoms with van der Waals surface area (Å²) in [7, 11) is 0. The lowest BCUT2D eigenvalue weighted by molar-refractivity contribution is 0.101. The molecule has 1 atom stereocenters. The van der Waals surface area contributed by atoms with E-state index >= 15 is 0 Å². The van der Waals surface area contributed by atoms with Crippen LogP contribution in [0, 0.1) is 0 Å². The van der Waals surface area contributed by atoms with Gasteiger partial charge in [-0.1, -0.05) is 12.1 Å². The number of carbonyl (C=O) groups excluding carboxylic acids is 1. The number of rotatable bonds is 1. The van der Waals surface area contributed by atoms with Crippen LogP contribution in [0.25, 0.3) is 0 Å².